The summed E-state index contributed by atoms with van der Waals surface area (Å²) in [7, 11) is -9.32. The number of anilines is 2. The van der Waals surface area contributed by atoms with E-state index in [1.54, 1.807) is 0 Å². The van der Waals surface area contributed by atoms with E-state index in [9.17, 15) is 21.4 Å². The first kappa shape index (κ1) is 15.5. The average molecular weight is 332 g/mol. The molecule has 6 N–H and O–H groups in total. The van der Waals surface area contributed by atoms with Crippen LogP contribution in [0.2, 0.25) is 0 Å². The average Bonchev–Trinajstić information content (AvgIpc) is 2.28. The first-order valence-electron chi connectivity index (χ1n) is 5.50. The van der Waals surface area contributed by atoms with Crippen molar-refractivity contribution < 1.29 is 25.9 Å². The summed E-state index contributed by atoms with van der Waals surface area (Å²) in [6, 6.07) is 3.34. The summed E-state index contributed by atoms with van der Waals surface area (Å²) in [6.45, 7) is 1.51. The molecule has 0 aliphatic rings. The standard InChI is InChI=1S/C11H12N2O6S2/c1-5-2-7-8(11(10(5)13)21(17,18)19)3-6(4-9(7)12)20(14,15)16/h2-4H,12-13H2,1H3,(H,14,15,16)(H,17,18,19). The smallest absolute Gasteiger partial charge is 0.297 e. The number of fused-ring (bicyclic) bond motifs is 1. The van der Waals surface area contributed by atoms with Crippen molar-refractivity contribution in [3.63, 3.8) is 0 Å². The van der Waals surface area contributed by atoms with Crippen molar-refractivity contribution >= 4 is 42.4 Å². The van der Waals surface area contributed by atoms with Crippen LogP contribution in [0.5, 0.6) is 0 Å². The lowest BCUT2D eigenvalue weighted by Gasteiger charge is -2.13. The van der Waals surface area contributed by atoms with Gasteiger partial charge in [-0.05, 0) is 30.7 Å². The van der Waals surface area contributed by atoms with Crippen LogP contribution < -0.4 is 11.5 Å². The third-order valence-electron chi connectivity index (χ3n) is 3.02. The van der Waals surface area contributed by atoms with Gasteiger partial charge in [-0.15, -0.1) is 0 Å². The van der Waals surface area contributed by atoms with Crippen LogP contribution in [0.1, 0.15) is 5.56 Å². The summed E-state index contributed by atoms with van der Waals surface area (Å²) < 4.78 is 63.8. The van der Waals surface area contributed by atoms with Crippen LogP contribution in [-0.4, -0.2) is 25.9 Å². The predicted octanol–water partition coefficient (Wildman–Crippen LogP) is 0.806. The molecule has 10 heteroatoms. The molecule has 0 radical (unpaired) electrons. The lowest BCUT2D eigenvalue weighted by Crippen LogP contribution is -2.08. The van der Waals surface area contributed by atoms with Crippen molar-refractivity contribution in [2.45, 2.75) is 16.7 Å². The zero-order valence-corrected chi connectivity index (χ0v) is 12.4. The summed E-state index contributed by atoms with van der Waals surface area (Å²) in [5.74, 6) is 0. The van der Waals surface area contributed by atoms with Crippen LogP contribution in [-0.2, 0) is 20.2 Å². The second-order valence-electron chi connectivity index (χ2n) is 4.49. The minimum atomic E-state index is -4.72. The van der Waals surface area contributed by atoms with Gasteiger partial charge < -0.3 is 11.5 Å². The zero-order valence-electron chi connectivity index (χ0n) is 10.7. The molecule has 0 saturated heterocycles. The molecule has 0 heterocycles. The molecule has 2 aromatic rings. The number of benzene rings is 2. The monoisotopic (exact) mass is 332 g/mol. The Morgan fingerprint density at radius 1 is 0.905 bits per heavy atom. The van der Waals surface area contributed by atoms with E-state index < -0.39 is 30.0 Å². The highest BCUT2D eigenvalue weighted by molar-refractivity contribution is 7.86. The van der Waals surface area contributed by atoms with Crippen molar-refractivity contribution in [3.05, 3.63) is 23.8 Å². The number of nitrogen functional groups attached to an aromatic ring is 2. The lowest BCUT2D eigenvalue weighted by molar-refractivity contribution is 0.480. The van der Waals surface area contributed by atoms with Gasteiger partial charge in [0.1, 0.15) is 4.90 Å². The number of nitrogens with two attached hydrogens (primary N) is 2. The van der Waals surface area contributed by atoms with Crippen LogP contribution in [0.25, 0.3) is 10.8 Å². The van der Waals surface area contributed by atoms with Gasteiger partial charge in [0.2, 0.25) is 0 Å². The zero-order chi connectivity index (χ0) is 16.2. The van der Waals surface area contributed by atoms with E-state index in [1.807, 2.05) is 0 Å². The molecule has 0 spiro atoms. The molecule has 21 heavy (non-hydrogen) atoms. The van der Waals surface area contributed by atoms with Crippen molar-refractivity contribution in [2.24, 2.45) is 0 Å². The van der Waals surface area contributed by atoms with Gasteiger partial charge >= 0.3 is 0 Å². The molecule has 8 nitrogen and oxygen atoms in total. The topological polar surface area (TPSA) is 161 Å². The molecule has 0 bridgehead atoms. The third-order valence-corrected chi connectivity index (χ3v) is 4.80. The summed E-state index contributed by atoms with van der Waals surface area (Å²) >= 11 is 0. The van der Waals surface area contributed by atoms with E-state index in [0.29, 0.717) is 5.56 Å². The van der Waals surface area contributed by atoms with E-state index >= 15 is 0 Å². The largest absolute Gasteiger partial charge is 0.398 e. The fraction of sp³-hybridized carbons (Fsp3) is 0.0909. The maximum atomic E-state index is 11.5. The quantitative estimate of drug-likeness (QED) is 0.464. The Hall–Kier alpha value is -1.88. The van der Waals surface area contributed by atoms with Crippen LogP contribution in [0.4, 0.5) is 11.4 Å². The summed E-state index contributed by atoms with van der Waals surface area (Å²) in [6.07, 6.45) is 0. The normalized spacial score (nSPS) is 12.7. The van der Waals surface area contributed by atoms with Crippen LogP contribution in [0, 0.1) is 6.92 Å². The summed E-state index contributed by atoms with van der Waals surface area (Å²) in [5, 5.41) is 0.00921. The molecule has 2 aromatic carbocycles. The molecule has 0 aliphatic heterocycles. The maximum absolute atomic E-state index is 11.5. The van der Waals surface area contributed by atoms with Gasteiger partial charge in [0, 0.05) is 16.5 Å². The summed E-state index contributed by atoms with van der Waals surface area (Å²) in [5.41, 5.74) is 11.4. The number of hydrogen-bond donors (Lipinski definition) is 4. The highest BCUT2D eigenvalue weighted by atomic mass is 32.2. The van der Waals surface area contributed by atoms with E-state index in [0.717, 1.165) is 12.1 Å². The van der Waals surface area contributed by atoms with Gasteiger partial charge in [-0.3, -0.25) is 9.11 Å². The number of rotatable bonds is 2. The van der Waals surface area contributed by atoms with E-state index in [-0.39, 0.29) is 22.1 Å². The van der Waals surface area contributed by atoms with E-state index in [1.165, 1.54) is 13.0 Å². The van der Waals surface area contributed by atoms with Gasteiger partial charge in [-0.1, -0.05) is 0 Å². The van der Waals surface area contributed by atoms with Gasteiger partial charge in [0.15, 0.2) is 0 Å². The molecule has 2 rings (SSSR count). The predicted molar refractivity (Wildman–Crippen MR) is 77.1 cm³/mol. The molecule has 0 fully saturated rings. The van der Waals surface area contributed by atoms with Gasteiger partial charge in [0.05, 0.1) is 10.6 Å². The molecule has 114 valence electrons. The summed E-state index contributed by atoms with van der Waals surface area (Å²) in [4.78, 5) is -1.24. The Morgan fingerprint density at radius 3 is 1.95 bits per heavy atom. The Bertz CT molecular complexity index is 964. The number of hydrogen-bond acceptors (Lipinski definition) is 6. The fourth-order valence-electron chi connectivity index (χ4n) is 2.04. The fourth-order valence-corrected chi connectivity index (χ4v) is 3.47. The highest BCUT2D eigenvalue weighted by Gasteiger charge is 2.23. The number of aryl methyl sites for hydroxylation is 1. The van der Waals surface area contributed by atoms with Gasteiger partial charge in [-0.25, -0.2) is 0 Å². The van der Waals surface area contributed by atoms with Gasteiger partial charge in [0.25, 0.3) is 20.2 Å². The minimum Gasteiger partial charge on any atom is -0.398 e. The van der Waals surface area contributed by atoms with Crippen molar-refractivity contribution in [1.29, 1.82) is 0 Å². The molecule has 0 aliphatic carbocycles. The molecular formula is C11H12N2O6S2. The van der Waals surface area contributed by atoms with Crippen molar-refractivity contribution in [1.82, 2.24) is 0 Å². The molecule has 0 unspecified atom stereocenters. The second-order valence-corrected chi connectivity index (χ2v) is 7.27. The van der Waals surface area contributed by atoms with Crippen molar-refractivity contribution in [2.75, 3.05) is 11.5 Å². The van der Waals surface area contributed by atoms with Crippen LogP contribution >= 0.6 is 0 Å². The van der Waals surface area contributed by atoms with E-state index in [4.69, 9.17) is 16.0 Å². The highest BCUT2D eigenvalue weighted by Crippen LogP contribution is 2.36. The molecular weight excluding hydrogens is 320 g/mol. The Kier molecular flexibility index (Phi) is 3.37. The van der Waals surface area contributed by atoms with E-state index in [2.05, 4.69) is 0 Å². The Balaban J connectivity index is 3.14. The first-order valence-corrected chi connectivity index (χ1v) is 8.38. The van der Waals surface area contributed by atoms with Gasteiger partial charge in [-0.2, -0.15) is 16.8 Å². The SMILES string of the molecule is Cc1cc2c(N)cc(S(=O)(=O)O)cc2c(S(=O)(=O)O)c1N. The first-order chi connectivity index (χ1) is 9.43. The van der Waals surface area contributed by atoms with Crippen LogP contribution in [0.15, 0.2) is 28.0 Å². The Labute approximate surface area is 120 Å². The molecule has 0 amide bonds. The third kappa shape index (κ3) is 2.65. The molecule has 0 atom stereocenters. The second kappa shape index (κ2) is 4.56. The lowest BCUT2D eigenvalue weighted by atomic mass is 10.0. The Morgan fingerprint density at radius 2 is 1.48 bits per heavy atom. The minimum absolute atomic E-state index is 0.0758. The van der Waals surface area contributed by atoms with Crippen LogP contribution in [0.3, 0.4) is 0 Å². The molecule has 0 aromatic heterocycles. The van der Waals surface area contributed by atoms with Crippen molar-refractivity contribution in [3.8, 4) is 0 Å². The maximum Gasteiger partial charge on any atom is 0.297 e. The molecule has 0 saturated carbocycles.